The lowest BCUT2D eigenvalue weighted by atomic mass is 10.2. The minimum absolute atomic E-state index is 0.00364. The summed E-state index contributed by atoms with van der Waals surface area (Å²) in [6.45, 7) is 0. The summed E-state index contributed by atoms with van der Waals surface area (Å²) in [5.41, 5.74) is 0.693. The highest BCUT2D eigenvalue weighted by Gasteiger charge is 2.10. The zero-order valence-electron chi connectivity index (χ0n) is 9.37. The highest BCUT2D eigenvalue weighted by molar-refractivity contribution is 7.18. The van der Waals surface area contributed by atoms with Gasteiger partial charge in [-0.15, -0.1) is 21.8 Å². The van der Waals surface area contributed by atoms with Crippen LogP contribution in [0.3, 0.4) is 0 Å². The SMILES string of the molecule is O=C(CCl)Nc1nnc(-c2ccc([N+](=O)[O-])cc2)s1. The number of aromatic nitrogens is 2. The van der Waals surface area contributed by atoms with Gasteiger partial charge < -0.3 is 0 Å². The lowest BCUT2D eigenvalue weighted by molar-refractivity contribution is -0.384. The van der Waals surface area contributed by atoms with Crippen LogP contribution >= 0.6 is 22.9 Å². The van der Waals surface area contributed by atoms with Crippen LogP contribution in [0.25, 0.3) is 10.6 Å². The summed E-state index contributed by atoms with van der Waals surface area (Å²) in [6, 6.07) is 5.92. The summed E-state index contributed by atoms with van der Waals surface area (Å²) in [6.07, 6.45) is 0. The molecule has 0 aliphatic carbocycles. The normalized spacial score (nSPS) is 10.2. The Morgan fingerprint density at radius 3 is 2.63 bits per heavy atom. The first kappa shape index (κ1) is 13.4. The second kappa shape index (κ2) is 5.72. The summed E-state index contributed by atoms with van der Waals surface area (Å²) in [7, 11) is 0. The van der Waals surface area contributed by atoms with Gasteiger partial charge in [-0.2, -0.15) is 0 Å². The van der Waals surface area contributed by atoms with Crippen LogP contribution in [0, 0.1) is 10.1 Å². The molecule has 0 unspecified atom stereocenters. The van der Waals surface area contributed by atoms with Crippen LogP contribution < -0.4 is 5.32 Å². The van der Waals surface area contributed by atoms with Gasteiger partial charge in [-0.1, -0.05) is 11.3 Å². The van der Waals surface area contributed by atoms with Gasteiger partial charge in [-0.3, -0.25) is 20.2 Å². The molecule has 0 aliphatic rings. The highest BCUT2D eigenvalue weighted by atomic mass is 35.5. The monoisotopic (exact) mass is 298 g/mol. The zero-order chi connectivity index (χ0) is 13.8. The summed E-state index contributed by atoms with van der Waals surface area (Å²) >= 11 is 6.51. The van der Waals surface area contributed by atoms with Crippen LogP contribution in [0.15, 0.2) is 24.3 Å². The van der Waals surface area contributed by atoms with Gasteiger partial charge in [0, 0.05) is 17.7 Å². The summed E-state index contributed by atoms with van der Waals surface area (Å²) < 4.78 is 0. The Labute approximate surface area is 116 Å². The first-order valence-electron chi connectivity index (χ1n) is 5.04. The van der Waals surface area contributed by atoms with Crippen molar-refractivity contribution < 1.29 is 9.72 Å². The summed E-state index contributed by atoms with van der Waals surface area (Å²) in [5.74, 6) is -0.528. The second-order valence-electron chi connectivity index (χ2n) is 3.40. The maximum Gasteiger partial charge on any atom is 0.269 e. The van der Waals surface area contributed by atoms with Crippen molar-refractivity contribution in [3.05, 3.63) is 34.4 Å². The fourth-order valence-electron chi connectivity index (χ4n) is 1.27. The number of hydrogen-bond donors (Lipinski definition) is 1. The van der Waals surface area contributed by atoms with E-state index in [2.05, 4.69) is 15.5 Å². The average molecular weight is 299 g/mol. The van der Waals surface area contributed by atoms with Crippen molar-refractivity contribution in [2.75, 3.05) is 11.2 Å². The van der Waals surface area contributed by atoms with Crippen LogP contribution in [-0.2, 0) is 4.79 Å². The number of non-ortho nitro benzene ring substituents is 1. The summed E-state index contributed by atoms with van der Waals surface area (Å²) in [5, 5.41) is 21.6. The molecule has 0 saturated heterocycles. The number of anilines is 1. The fraction of sp³-hybridized carbons (Fsp3) is 0.100. The zero-order valence-corrected chi connectivity index (χ0v) is 10.9. The molecule has 0 bridgehead atoms. The van der Waals surface area contributed by atoms with Gasteiger partial charge >= 0.3 is 0 Å². The quantitative estimate of drug-likeness (QED) is 0.530. The largest absolute Gasteiger partial charge is 0.299 e. The van der Waals surface area contributed by atoms with Crippen molar-refractivity contribution in [3.8, 4) is 10.6 Å². The second-order valence-corrected chi connectivity index (χ2v) is 4.64. The molecule has 2 aromatic rings. The number of nitro benzene ring substituents is 1. The van der Waals surface area contributed by atoms with E-state index in [4.69, 9.17) is 11.6 Å². The van der Waals surface area contributed by atoms with Crippen molar-refractivity contribution in [1.82, 2.24) is 10.2 Å². The number of halogens is 1. The molecule has 2 rings (SSSR count). The molecule has 0 radical (unpaired) electrons. The molecule has 1 heterocycles. The first-order valence-corrected chi connectivity index (χ1v) is 6.39. The van der Waals surface area contributed by atoms with Crippen molar-refractivity contribution in [3.63, 3.8) is 0 Å². The van der Waals surface area contributed by atoms with Crippen LogP contribution in [0.5, 0.6) is 0 Å². The molecule has 19 heavy (non-hydrogen) atoms. The third-order valence-corrected chi connectivity index (χ3v) is 3.25. The molecule has 9 heteroatoms. The Bertz CT molecular complexity index is 613. The molecule has 0 spiro atoms. The van der Waals surface area contributed by atoms with Crippen LogP contribution in [-0.4, -0.2) is 26.9 Å². The molecule has 1 aromatic carbocycles. The van der Waals surface area contributed by atoms with E-state index in [1.807, 2.05) is 0 Å². The molecule has 1 aromatic heterocycles. The van der Waals surface area contributed by atoms with Gasteiger partial charge in [-0.05, 0) is 12.1 Å². The molecule has 7 nitrogen and oxygen atoms in total. The lowest BCUT2D eigenvalue weighted by Crippen LogP contribution is -2.12. The molecule has 1 amide bonds. The first-order chi connectivity index (χ1) is 9.10. The molecule has 0 saturated carbocycles. The molecule has 0 aliphatic heterocycles. The molecule has 98 valence electrons. The Morgan fingerprint density at radius 1 is 1.37 bits per heavy atom. The molecular weight excluding hydrogens is 292 g/mol. The van der Waals surface area contributed by atoms with E-state index in [0.29, 0.717) is 15.7 Å². The van der Waals surface area contributed by atoms with Gasteiger partial charge in [0.1, 0.15) is 10.9 Å². The number of rotatable bonds is 4. The number of nitro groups is 1. The number of hydrogen-bond acceptors (Lipinski definition) is 6. The maximum absolute atomic E-state index is 11.1. The number of carbonyl (C=O) groups is 1. The van der Waals surface area contributed by atoms with E-state index in [0.717, 1.165) is 11.3 Å². The van der Waals surface area contributed by atoms with E-state index in [9.17, 15) is 14.9 Å². The van der Waals surface area contributed by atoms with Gasteiger partial charge in [0.2, 0.25) is 11.0 Å². The standard InChI is InChI=1S/C10H7ClN4O3S/c11-5-8(16)12-10-14-13-9(19-10)6-1-3-7(4-2-6)15(17)18/h1-4H,5H2,(H,12,14,16). The van der Waals surface area contributed by atoms with Gasteiger partial charge in [0.15, 0.2) is 0 Å². The van der Waals surface area contributed by atoms with Gasteiger partial charge in [0.25, 0.3) is 5.69 Å². The Balaban J connectivity index is 2.18. The lowest BCUT2D eigenvalue weighted by Gasteiger charge is -1.95. The number of nitrogens with one attached hydrogen (secondary N) is 1. The number of carbonyl (C=O) groups excluding carboxylic acids is 1. The van der Waals surface area contributed by atoms with Crippen molar-refractivity contribution >= 4 is 39.7 Å². The highest BCUT2D eigenvalue weighted by Crippen LogP contribution is 2.27. The topological polar surface area (TPSA) is 98.0 Å². The third-order valence-electron chi connectivity index (χ3n) is 2.12. The van der Waals surface area contributed by atoms with Crippen LogP contribution in [0.4, 0.5) is 10.8 Å². The van der Waals surface area contributed by atoms with E-state index in [1.54, 1.807) is 12.1 Å². The average Bonchev–Trinajstić information content (AvgIpc) is 2.87. The predicted molar refractivity (Wildman–Crippen MR) is 71.3 cm³/mol. The van der Waals surface area contributed by atoms with Crippen molar-refractivity contribution in [2.24, 2.45) is 0 Å². The Kier molecular flexibility index (Phi) is 4.03. The maximum atomic E-state index is 11.1. The predicted octanol–water partition coefficient (Wildman–Crippen LogP) is 2.29. The molecule has 1 N–H and O–H groups in total. The number of alkyl halides is 1. The van der Waals surface area contributed by atoms with E-state index >= 15 is 0 Å². The summed E-state index contributed by atoms with van der Waals surface area (Å²) in [4.78, 5) is 21.1. The Morgan fingerprint density at radius 2 is 2.05 bits per heavy atom. The minimum atomic E-state index is -0.476. The minimum Gasteiger partial charge on any atom is -0.299 e. The molecular formula is C10H7ClN4O3S. The fourth-order valence-corrected chi connectivity index (χ4v) is 2.10. The van der Waals surface area contributed by atoms with Gasteiger partial charge in [0.05, 0.1) is 4.92 Å². The molecule has 0 fully saturated rings. The van der Waals surface area contributed by atoms with Crippen molar-refractivity contribution in [1.29, 1.82) is 0 Å². The number of amides is 1. The number of nitrogens with zero attached hydrogens (tertiary/aromatic N) is 3. The van der Waals surface area contributed by atoms with Crippen molar-refractivity contribution in [2.45, 2.75) is 0 Å². The van der Waals surface area contributed by atoms with Crippen LogP contribution in [0.2, 0.25) is 0 Å². The van der Waals surface area contributed by atoms with Crippen LogP contribution in [0.1, 0.15) is 0 Å². The van der Waals surface area contributed by atoms with E-state index < -0.39 is 4.92 Å². The van der Waals surface area contributed by atoms with Gasteiger partial charge in [-0.25, -0.2) is 0 Å². The number of benzene rings is 1. The van der Waals surface area contributed by atoms with E-state index in [1.165, 1.54) is 12.1 Å². The van der Waals surface area contributed by atoms with E-state index in [-0.39, 0.29) is 17.5 Å². The Hall–Kier alpha value is -2.06. The molecule has 0 atom stereocenters. The smallest absolute Gasteiger partial charge is 0.269 e. The third kappa shape index (κ3) is 3.24.